The molecule has 1 aliphatic heterocycles. The molecule has 2 heterocycles. The van der Waals surface area contributed by atoms with Crippen molar-refractivity contribution in [2.24, 2.45) is 5.73 Å². The summed E-state index contributed by atoms with van der Waals surface area (Å²) in [6.45, 7) is 5.28. The third-order valence-corrected chi connectivity index (χ3v) is 3.53. The van der Waals surface area contributed by atoms with Crippen molar-refractivity contribution >= 4 is 5.82 Å². The standard InChI is InChI=1S/C12H23N5O/c1-3-12(13,9-18-2)8-15-11-4-5-16-17(11)10-6-14-7-10/h4-5,10,14-15H,3,6-9,13H2,1-2H3. The van der Waals surface area contributed by atoms with Crippen molar-refractivity contribution in [1.29, 1.82) is 0 Å². The van der Waals surface area contributed by atoms with E-state index in [0.717, 1.165) is 25.3 Å². The molecule has 18 heavy (non-hydrogen) atoms. The van der Waals surface area contributed by atoms with Crippen LogP contribution in [0, 0.1) is 0 Å². The molecular weight excluding hydrogens is 230 g/mol. The highest BCUT2D eigenvalue weighted by atomic mass is 16.5. The number of aromatic nitrogens is 2. The molecule has 0 bridgehead atoms. The average Bonchev–Trinajstić information content (AvgIpc) is 2.73. The minimum Gasteiger partial charge on any atom is -0.383 e. The van der Waals surface area contributed by atoms with Crippen LogP contribution in [0.25, 0.3) is 0 Å². The molecule has 1 unspecified atom stereocenters. The third-order valence-electron chi connectivity index (χ3n) is 3.53. The lowest BCUT2D eigenvalue weighted by molar-refractivity contribution is 0.135. The molecule has 6 nitrogen and oxygen atoms in total. The SMILES string of the molecule is CCC(N)(CNc1ccnn1C1CNC1)COC. The molecule has 1 saturated heterocycles. The molecule has 0 spiro atoms. The van der Waals surface area contributed by atoms with E-state index in [9.17, 15) is 0 Å². The Bertz CT molecular complexity index is 376. The first-order chi connectivity index (χ1) is 8.68. The number of anilines is 1. The number of methoxy groups -OCH3 is 1. The van der Waals surface area contributed by atoms with Crippen LogP contribution >= 0.6 is 0 Å². The van der Waals surface area contributed by atoms with Gasteiger partial charge in [-0.25, -0.2) is 4.68 Å². The van der Waals surface area contributed by atoms with E-state index in [1.807, 2.05) is 16.9 Å². The first-order valence-corrected chi connectivity index (χ1v) is 6.44. The number of hydrogen-bond acceptors (Lipinski definition) is 5. The van der Waals surface area contributed by atoms with Crippen LogP contribution in [0.15, 0.2) is 12.3 Å². The zero-order chi connectivity index (χ0) is 13.0. The fourth-order valence-corrected chi connectivity index (χ4v) is 2.02. The number of rotatable bonds is 7. The van der Waals surface area contributed by atoms with Crippen LogP contribution in [0.1, 0.15) is 19.4 Å². The van der Waals surface area contributed by atoms with E-state index in [2.05, 4.69) is 22.7 Å². The van der Waals surface area contributed by atoms with Gasteiger partial charge in [0.15, 0.2) is 0 Å². The number of hydrogen-bond donors (Lipinski definition) is 3. The molecule has 2 rings (SSSR count). The van der Waals surface area contributed by atoms with Gasteiger partial charge in [-0.15, -0.1) is 0 Å². The summed E-state index contributed by atoms with van der Waals surface area (Å²) in [5, 5.41) is 11.0. The Balaban J connectivity index is 1.94. The van der Waals surface area contributed by atoms with Crippen molar-refractivity contribution in [3.63, 3.8) is 0 Å². The van der Waals surface area contributed by atoms with E-state index >= 15 is 0 Å². The molecule has 0 saturated carbocycles. The van der Waals surface area contributed by atoms with Crippen LogP contribution in [0.4, 0.5) is 5.82 Å². The number of nitrogens with zero attached hydrogens (tertiary/aromatic N) is 2. The van der Waals surface area contributed by atoms with Gasteiger partial charge in [0, 0.05) is 32.8 Å². The molecule has 1 aromatic rings. The Morgan fingerprint density at radius 3 is 3.00 bits per heavy atom. The summed E-state index contributed by atoms with van der Waals surface area (Å²) in [6.07, 6.45) is 2.69. The van der Waals surface area contributed by atoms with Gasteiger partial charge in [0.05, 0.1) is 24.4 Å². The highest BCUT2D eigenvalue weighted by Crippen LogP contribution is 2.18. The average molecular weight is 253 g/mol. The molecule has 0 radical (unpaired) electrons. The summed E-state index contributed by atoms with van der Waals surface area (Å²) >= 11 is 0. The summed E-state index contributed by atoms with van der Waals surface area (Å²) < 4.78 is 7.21. The van der Waals surface area contributed by atoms with Crippen molar-refractivity contribution in [1.82, 2.24) is 15.1 Å². The molecule has 0 aliphatic carbocycles. The maximum absolute atomic E-state index is 6.27. The van der Waals surface area contributed by atoms with Crippen LogP contribution in [0.5, 0.6) is 0 Å². The summed E-state index contributed by atoms with van der Waals surface area (Å²) in [7, 11) is 1.68. The Morgan fingerprint density at radius 1 is 1.67 bits per heavy atom. The monoisotopic (exact) mass is 253 g/mol. The quantitative estimate of drug-likeness (QED) is 0.647. The van der Waals surface area contributed by atoms with E-state index in [0.29, 0.717) is 19.2 Å². The van der Waals surface area contributed by atoms with Gasteiger partial charge in [0.1, 0.15) is 5.82 Å². The molecule has 1 atom stereocenters. The van der Waals surface area contributed by atoms with Crippen molar-refractivity contribution in [2.45, 2.75) is 24.9 Å². The van der Waals surface area contributed by atoms with Crippen molar-refractivity contribution in [2.75, 3.05) is 38.7 Å². The van der Waals surface area contributed by atoms with E-state index in [1.54, 1.807) is 7.11 Å². The molecule has 0 amide bonds. The second-order valence-corrected chi connectivity index (χ2v) is 4.98. The van der Waals surface area contributed by atoms with Gasteiger partial charge >= 0.3 is 0 Å². The number of ether oxygens (including phenoxy) is 1. The largest absolute Gasteiger partial charge is 0.383 e. The van der Waals surface area contributed by atoms with E-state index in [-0.39, 0.29) is 5.54 Å². The topological polar surface area (TPSA) is 77.1 Å². The van der Waals surface area contributed by atoms with Crippen molar-refractivity contribution in [3.8, 4) is 0 Å². The van der Waals surface area contributed by atoms with Crippen LogP contribution in [0.2, 0.25) is 0 Å². The summed E-state index contributed by atoms with van der Waals surface area (Å²) in [5.41, 5.74) is 5.94. The Morgan fingerprint density at radius 2 is 2.44 bits per heavy atom. The van der Waals surface area contributed by atoms with Crippen LogP contribution < -0.4 is 16.4 Å². The van der Waals surface area contributed by atoms with Gasteiger partial charge < -0.3 is 21.1 Å². The highest BCUT2D eigenvalue weighted by Gasteiger charge is 2.25. The zero-order valence-electron chi connectivity index (χ0n) is 11.1. The van der Waals surface area contributed by atoms with Crippen LogP contribution in [-0.4, -0.2) is 48.7 Å². The maximum Gasteiger partial charge on any atom is 0.124 e. The highest BCUT2D eigenvalue weighted by molar-refractivity contribution is 5.35. The van der Waals surface area contributed by atoms with Gasteiger partial charge in [-0.05, 0) is 6.42 Å². The smallest absolute Gasteiger partial charge is 0.124 e. The lowest BCUT2D eigenvalue weighted by Gasteiger charge is -2.31. The summed E-state index contributed by atoms with van der Waals surface area (Å²) in [5.74, 6) is 1.03. The van der Waals surface area contributed by atoms with Crippen LogP contribution in [0.3, 0.4) is 0 Å². The second kappa shape index (κ2) is 5.69. The first-order valence-electron chi connectivity index (χ1n) is 6.44. The van der Waals surface area contributed by atoms with Gasteiger partial charge in [-0.3, -0.25) is 0 Å². The molecular formula is C12H23N5O. The Labute approximate surface area is 108 Å². The van der Waals surface area contributed by atoms with Gasteiger partial charge in [-0.2, -0.15) is 5.10 Å². The Kier molecular flexibility index (Phi) is 4.21. The molecule has 102 valence electrons. The molecule has 1 aromatic heterocycles. The van der Waals surface area contributed by atoms with E-state index in [1.165, 1.54) is 0 Å². The molecule has 6 heteroatoms. The maximum atomic E-state index is 6.27. The zero-order valence-corrected chi connectivity index (χ0v) is 11.1. The fraction of sp³-hybridized carbons (Fsp3) is 0.750. The summed E-state index contributed by atoms with van der Waals surface area (Å²) in [6, 6.07) is 2.44. The molecule has 1 aliphatic rings. The summed E-state index contributed by atoms with van der Waals surface area (Å²) in [4.78, 5) is 0. The van der Waals surface area contributed by atoms with Gasteiger partial charge in [0.25, 0.3) is 0 Å². The number of nitrogens with one attached hydrogen (secondary N) is 2. The Hall–Kier alpha value is -1.11. The molecule has 0 aromatic carbocycles. The lowest BCUT2D eigenvalue weighted by Crippen LogP contribution is -2.50. The predicted molar refractivity (Wildman–Crippen MR) is 71.7 cm³/mol. The van der Waals surface area contributed by atoms with Crippen molar-refractivity contribution < 1.29 is 4.74 Å². The van der Waals surface area contributed by atoms with E-state index in [4.69, 9.17) is 10.5 Å². The van der Waals surface area contributed by atoms with Crippen LogP contribution in [-0.2, 0) is 4.74 Å². The minimum absolute atomic E-state index is 0.332. The number of nitrogens with two attached hydrogens (primary N) is 1. The first kappa shape index (κ1) is 13.3. The molecule has 1 fully saturated rings. The predicted octanol–water partition coefficient (Wildman–Crippen LogP) is 0.193. The molecule has 4 N–H and O–H groups in total. The fourth-order valence-electron chi connectivity index (χ4n) is 2.02. The van der Waals surface area contributed by atoms with Crippen molar-refractivity contribution in [3.05, 3.63) is 12.3 Å². The normalized spacial score (nSPS) is 19.3. The lowest BCUT2D eigenvalue weighted by atomic mass is 9.99. The van der Waals surface area contributed by atoms with E-state index < -0.39 is 0 Å². The minimum atomic E-state index is -0.332. The second-order valence-electron chi connectivity index (χ2n) is 4.98. The third kappa shape index (κ3) is 2.82. The van der Waals surface area contributed by atoms with Gasteiger partial charge in [-0.1, -0.05) is 6.92 Å². The van der Waals surface area contributed by atoms with Gasteiger partial charge in [0.2, 0.25) is 0 Å².